The maximum Gasteiger partial charge on any atom is 0.107 e. The lowest BCUT2D eigenvalue weighted by molar-refractivity contribution is 0.886. The van der Waals surface area contributed by atoms with Crippen LogP contribution in [0.25, 0.3) is 0 Å². The highest BCUT2D eigenvalue weighted by Gasteiger charge is 1.95. The summed E-state index contributed by atoms with van der Waals surface area (Å²) < 4.78 is 2.08. The first-order valence-electron chi connectivity index (χ1n) is 3.00. The summed E-state index contributed by atoms with van der Waals surface area (Å²) in [7, 11) is 6.11. The van der Waals surface area contributed by atoms with Crippen molar-refractivity contribution in [3.05, 3.63) is 18.3 Å². The summed E-state index contributed by atoms with van der Waals surface area (Å²) in [5, 5.41) is 0. The fourth-order valence-corrected chi connectivity index (χ4v) is 0.917. The van der Waals surface area contributed by atoms with Gasteiger partial charge >= 0.3 is 0 Å². The van der Waals surface area contributed by atoms with E-state index in [1.54, 1.807) is 0 Å². The molecule has 1 aromatic rings. The molecule has 2 heteroatoms. The van der Waals surface area contributed by atoms with Crippen LogP contribution < -0.4 is 4.90 Å². The van der Waals surface area contributed by atoms with Crippen molar-refractivity contribution in [1.29, 1.82) is 0 Å². The van der Waals surface area contributed by atoms with E-state index in [1.165, 1.54) is 5.82 Å². The molecule has 0 aliphatic carbocycles. The fourth-order valence-electron chi connectivity index (χ4n) is 0.917. The van der Waals surface area contributed by atoms with Gasteiger partial charge in [0.15, 0.2) is 0 Å². The van der Waals surface area contributed by atoms with E-state index in [-0.39, 0.29) is 0 Å². The lowest BCUT2D eigenvalue weighted by Gasteiger charge is -2.12. The van der Waals surface area contributed by atoms with Gasteiger partial charge in [0.05, 0.1) is 0 Å². The summed E-state index contributed by atoms with van der Waals surface area (Å²) in [6.45, 7) is 0. The predicted molar refractivity (Wildman–Crippen MR) is 39.7 cm³/mol. The smallest absolute Gasteiger partial charge is 0.107 e. The van der Waals surface area contributed by atoms with Crippen LogP contribution in [0.4, 0.5) is 5.82 Å². The average Bonchev–Trinajstić information content (AvgIpc) is 2.13. The van der Waals surface area contributed by atoms with Crippen molar-refractivity contribution in [2.75, 3.05) is 19.0 Å². The third kappa shape index (κ3) is 1.07. The number of anilines is 1. The minimum absolute atomic E-state index is 1.23. The first kappa shape index (κ1) is 6.20. The molecule has 0 amide bonds. The van der Waals surface area contributed by atoms with Crippen LogP contribution in [-0.4, -0.2) is 18.7 Å². The second kappa shape index (κ2) is 2.13. The van der Waals surface area contributed by atoms with Gasteiger partial charge in [-0.15, -0.1) is 0 Å². The zero-order valence-corrected chi connectivity index (χ0v) is 6.13. The highest BCUT2D eigenvalue weighted by molar-refractivity contribution is 5.37. The molecule has 0 radical (unpaired) electrons. The molecule has 50 valence electrons. The van der Waals surface area contributed by atoms with Crippen LogP contribution in [0.15, 0.2) is 18.3 Å². The third-order valence-corrected chi connectivity index (χ3v) is 1.37. The molecular formula is C7H12N2. The Bertz CT molecular complexity index is 189. The number of nitrogens with zero attached hydrogens (tertiary/aromatic N) is 2. The van der Waals surface area contributed by atoms with Gasteiger partial charge in [-0.3, -0.25) is 0 Å². The van der Waals surface area contributed by atoms with Crippen LogP contribution in [0.3, 0.4) is 0 Å². The van der Waals surface area contributed by atoms with E-state index in [2.05, 4.69) is 15.5 Å². The Kier molecular flexibility index (Phi) is 1.47. The van der Waals surface area contributed by atoms with Crippen LogP contribution in [0.2, 0.25) is 0 Å². The summed E-state index contributed by atoms with van der Waals surface area (Å²) >= 11 is 0. The number of hydrogen-bond donors (Lipinski definition) is 0. The summed E-state index contributed by atoms with van der Waals surface area (Å²) in [6.07, 6.45) is 2.04. The maximum absolute atomic E-state index is 2.08. The van der Waals surface area contributed by atoms with Gasteiger partial charge in [-0.05, 0) is 12.1 Å². The van der Waals surface area contributed by atoms with Crippen molar-refractivity contribution in [2.24, 2.45) is 7.05 Å². The van der Waals surface area contributed by atoms with Crippen molar-refractivity contribution in [3.63, 3.8) is 0 Å². The molecule has 0 saturated carbocycles. The minimum atomic E-state index is 1.23. The molecule has 0 bridgehead atoms. The quantitative estimate of drug-likeness (QED) is 0.544. The fraction of sp³-hybridized carbons (Fsp3) is 0.429. The minimum Gasteiger partial charge on any atom is -0.364 e. The molecule has 0 saturated heterocycles. The van der Waals surface area contributed by atoms with Gasteiger partial charge in [0.25, 0.3) is 0 Å². The Hall–Kier alpha value is -0.920. The Balaban J connectivity index is 2.94. The van der Waals surface area contributed by atoms with Gasteiger partial charge in [0.2, 0.25) is 0 Å². The van der Waals surface area contributed by atoms with Crippen LogP contribution >= 0.6 is 0 Å². The molecule has 0 aromatic carbocycles. The zero-order chi connectivity index (χ0) is 6.85. The van der Waals surface area contributed by atoms with E-state index < -0.39 is 0 Å². The Morgan fingerprint density at radius 2 is 2.11 bits per heavy atom. The van der Waals surface area contributed by atoms with Gasteiger partial charge < -0.3 is 9.47 Å². The number of aryl methyl sites for hydroxylation is 1. The lowest BCUT2D eigenvalue weighted by Crippen LogP contribution is -2.11. The highest BCUT2D eigenvalue weighted by Crippen LogP contribution is 2.08. The number of hydrogen-bond acceptors (Lipinski definition) is 1. The van der Waals surface area contributed by atoms with Gasteiger partial charge in [-0.2, -0.15) is 0 Å². The van der Waals surface area contributed by atoms with Crippen molar-refractivity contribution in [2.45, 2.75) is 0 Å². The number of rotatable bonds is 1. The molecule has 1 rings (SSSR count). The van der Waals surface area contributed by atoms with Crippen LogP contribution in [0.1, 0.15) is 0 Å². The molecule has 0 N–H and O–H groups in total. The summed E-state index contributed by atoms with van der Waals surface area (Å²) in [5.74, 6) is 1.23. The van der Waals surface area contributed by atoms with E-state index in [1.807, 2.05) is 33.4 Å². The van der Waals surface area contributed by atoms with Gasteiger partial charge in [0, 0.05) is 27.3 Å². The van der Waals surface area contributed by atoms with Crippen LogP contribution in [0.5, 0.6) is 0 Å². The van der Waals surface area contributed by atoms with Gasteiger partial charge in [-0.1, -0.05) is 0 Å². The summed E-state index contributed by atoms with van der Waals surface area (Å²) in [6, 6.07) is 4.12. The maximum atomic E-state index is 2.08. The lowest BCUT2D eigenvalue weighted by atomic mass is 10.6. The molecule has 1 heterocycles. The average molecular weight is 124 g/mol. The van der Waals surface area contributed by atoms with Gasteiger partial charge in [0.1, 0.15) is 5.82 Å². The molecule has 9 heavy (non-hydrogen) atoms. The second-order valence-electron chi connectivity index (χ2n) is 2.37. The van der Waals surface area contributed by atoms with Crippen molar-refractivity contribution < 1.29 is 0 Å². The van der Waals surface area contributed by atoms with Crippen molar-refractivity contribution in [3.8, 4) is 0 Å². The molecule has 0 unspecified atom stereocenters. The molecule has 0 fully saturated rings. The molecule has 0 spiro atoms. The largest absolute Gasteiger partial charge is 0.364 e. The first-order chi connectivity index (χ1) is 4.22. The summed E-state index contributed by atoms with van der Waals surface area (Å²) in [5.41, 5.74) is 0. The monoisotopic (exact) mass is 124 g/mol. The van der Waals surface area contributed by atoms with E-state index >= 15 is 0 Å². The topological polar surface area (TPSA) is 8.17 Å². The van der Waals surface area contributed by atoms with Crippen molar-refractivity contribution in [1.82, 2.24) is 4.57 Å². The Morgan fingerprint density at radius 3 is 2.33 bits per heavy atom. The molecule has 2 nitrogen and oxygen atoms in total. The molecule has 0 aliphatic heterocycles. The standard InChI is InChI=1S/C7H12N2/c1-8(2)7-5-4-6-9(7)3/h4-6H,1-3H3. The van der Waals surface area contributed by atoms with E-state index in [4.69, 9.17) is 0 Å². The van der Waals surface area contributed by atoms with E-state index in [0.29, 0.717) is 0 Å². The predicted octanol–water partition coefficient (Wildman–Crippen LogP) is 1.09. The van der Waals surface area contributed by atoms with E-state index in [9.17, 15) is 0 Å². The highest BCUT2D eigenvalue weighted by atomic mass is 15.2. The second-order valence-corrected chi connectivity index (χ2v) is 2.37. The Labute approximate surface area is 55.7 Å². The normalized spacial score (nSPS) is 9.67. The number of aromatic nitrogens is 1. The van der Waals surface area contributed by atoms with Gasteiger partial charge in [-0.25, -0.2) is 0 Å². The van der Waals surface area contributed by atoms with Crippen LogP contribution in [-0.2, 0) is 7.05 Å². The molecule has 1 aromatic heterocycles. The summed E-state index contributed by atoms with van der Waals surface area (Å²) in [4.78, 5) is 2.08. The van der Waals surface area contributed by atoms with Crippen LogP contribution in [0, 0.1) is 0 Å². The SMILES string of the molecule is CN(C)c1cccn1C. The molecular weight excluding hydrogens is 112 g/mol. The zero-order valence-electron chi connectivity index (χ0n) is 6.13. The third-order valence-electron chi connectivity index (χ3n) is 1.37. The van der Waals surface area contributed by atoms with E-state index in [0.717, 1.165) is 0 Å². The first-order valence-corrected chi connectivity index (χ1v) is 3.00. The Morgan fingerprint density at radius 1 is 1.44 bits per heavy atom. The molecule has 0 atom stereocenters. The molecule has 0 aliphatic rings. The van der Waals surface area contributed by atoms with Crippen molar-refractivity contribution >= 4 is 5.82 Å².